The van der Waals surface area contributed by atoms with E-state index in [0.29, 0.717) is 0 Å². The summed E-state index contributed by atoms with van der Waals surface area (Å²) in [5, 5.41) is 3.77. The van der Waals surface area contributed by atoms with Crippen molar-refractivity contribution in [1.29, 1.82) is 0 Å². The predicted octanol–water partition coefficient (Wildman–Crippen LogP) is 5.36. The fraction of sp³-hybridized carbons (Fsp3) is 0.0455. The summed E-state index contributed by atoms with van der Waals surface area (Å²) < 4.78 is 71.1. The molecule has 0 aliphatic carbocycles. The maximum atomic E-state index is 13.9. The first-order chi connectivity index (χ1) is 14.8. The molecule has 0 bridgehead atoms. The second kappa shape index (κ2) is 7.92. The molecular formula is C22H16F3N3O2S. The SMILES string of the molecule is O=S(=O)(Nc1c(-c2ccccc2)c(C(F)(F)F)nn1-c1ccccc1)c1ccccc1. The maximum absolute atomic E-state index is 13.9. The topological polar surface area (TPSA) is 64.0 Å². The summed E-state index contributed by atoms with van der Waals surface area (Å²) in [4.78, 5) is -0.0802. The minimum atomic E-state index is -4.81. The van der Waals surface area contributed by atoms with Gasteiger partial charge in [-0.05, 0) is 29.8 Å². The van der Waals surface area contributed by atoms with Crippen molar-refractivity contribution in [3.63, 3.8) is 0 Å². The first-order valence-electron chi connectivity index (χ1n) is 9.16. The van der Waals surface area contributed by atoms with Gasteiger partial charge in [-0.25, -0.2) is 13.1 Å². The fourth-order valence-electron chi connectivity index (χ4n) is 3.13. The van der Waals surface area contributed by atoms with E-state index < -0.39 is 21.9 Å². The summed E-state index contributed by atoms with van der Waals surface area (Å²) in [6.07, 6.45) is -4.81. The molecule has 0 aliphatic rings. The van der Waals surface area contributed by atoms with Crippen LogP contribution in [0.25, 0.3) is 16.8 Å². The van der Waals surface area contributed by atoms with E-state index in [-0.39, 0.29) is 27.5 Å². The van der Waals surface area contributed by atoms with Crippen molar-refractivity contribution in [3.05, 3.63) is 96.7 Å². The molecule has 0 atom stereocenters. The largest absolute Gasteiger partial charge is 0.435 e. The molecule has 0 radical (unpaired) electrons. The highest BCUT2D eigenvalue weighted by atomic mass is 32.2. The Hall–Kier alpha value is -3.59. The van der Waals surface area contributed by atoms with Crippen molar-refractivity contribution in [2.24, 2.45) is 0 Å². The monoisotopic (exact) mass is 443 g/mol. The van der Waals surface area contributed by atoms with Crippen LogP contribution >= 0.6 is 0 Å². The Morgan fingerprint density at radius 1 is 0.774 bits per heavy atom. The lowest BCUT2D eigenvalue weighted by Crippen LogP contribution is -2.16. The highest BCUT2D eigenvalue weighted by Crippen LogP contribution is 2.42. The van der Waals surface area contributed by atoms with Crippen molar-refractivity contribution in [2.45, 2.75) is 11.1 Å². The van der Waals surface area contributed by atoms with E-state index in [9.17, 15) is 21.6 Å². The number of hydrogen-bond acceptors (Lipinski definition) is 3. The lowest BCUT2D eigenvalue weighted by Gasteiger charge is -2.13. The average Bonchev–Trinajstić information content (AvgIpc) is 3.14. The first-order valence-corrected chi connectivity index (χ1v) is 10.6. The number of hydrogen-bond donors (Lipinski definition) is 1. The third kappa shape index (κ3) is 4.17. The zero-order valence-corrected chi connectivity index (χ0v) is 16.7. The Bertz CT molecular complexity index is 1290. The number of alkyl halides is 3. The normalized spacial score (nSPS) is 12.0. The van der Waals surface area contributed by atoms with E-state index in [0.717, 1.165) is 4.68 Å². The van der Waals surface area contributed by atoms with Crippen LogP contribution in [-0.2, 0) is 16.2 Å². The summed E-state index contributed by atoms with van der Waals surface area (Å²) >= 11 is 0. The zero-order valence-electron chi connectivity index (χ0n) is 15.9. The number of aromatic nitrogens is 2. The molecule has 3 aromatic carbocycles. The molecule has 0 unspecified atom stereocenters. The molecule has 1 heterocycles. The summed E-state index contributed by atoms with van der Waals surface area (Å²) in [5.74, 6) is -0.298. The van der Waals surface area contributed by atoms with Crippen molar-refractivity contribution in [1.82, 2.24) is 9.78 Å². The number of benzene rings is 3. The van der Waals surface area contributed by atoms with Gasteiger partial charge in [0.05, 0.1) is 16.1 Å². The van der Waals surface area contributed by atoms with Gasteiger partial charge in [0.15, 0.2) is 11.5 Å². The molecule has 0 saturated heterocycles. The third-order valence-electron chi connectivity index (χ3n) is 4.50. The van der Waals surface area contributed by atoms with Crippen molar-refractivity contribution in [2.75, 3.05) is 4.72 Å². The van der Waals surface area contributed by atoms with Crippen LogP contribution in [0.3, 0.4) is 0 Å². The van der Waals surface area contributed by atoms with Crippen LogP contribution in [0.5, 0.6) is 0 Å². The predicted molar refractivity (Wildman–Crippen MR) is 111 cm³/mol. The number of halogens is 3. The maximum Gasteiger partial charge on any atom is 0.435 e. The third-order valence-corrected chi connectivity index (χ3v) is 5.86. The lowest BCUT2D eigenvalue weighted by molar-refractivity contribution is -0.140. The molecular weight excluding hydrogens is 427 g/mol. The molecule has 158 valence electrons. The van der Waals surface area contributed by atoms with Gasteiger partial charge in [-0.15, -0.1) is 0 Å². The van der Waals surface area contributed by atoms with E-state index in [1.165, 1.54) is 36.4 Å². The number of nitrogens with one attached hydrogen (secondary N) is 1. The number of nitrogens with zero attached hydrogens (tertiary/aromatic N) is 2. The molecule has 0 spiro atoms. The average molecular weight is 443 g/mol. The zero-order chi connectivity index (χ0) is 22.1. The second-order valence-corrected chi connectivity index (χ2v) is 8.28. The Morgan fingerprint density at radius 2 is 1.29 bits per heavy atom. The molecule has 1 N–H and O–H groups in total. The van der Waals surface area contributed by atoms with Crippen LogP contribution in [0.2, 0.25) is 0 Å². The lowest BCUT2D eigenvalue weighted by atomic mass is 10.1. The molecule has 5 nitrogen and oxygen atoms in total. The van der Waals surface area contributed by atoms with Gasteiger partial charge in [0, 0.05) is 0 Å². The van der Waals surface area contributed by atoms with E-state index >= 15 is 0 Å². The van der Waals surface area contributed by atoms with Gasteiger partial charge in [-0.2, -0.15) is 18.3 Å². The summed E-state index contributed by atoms with van der Waals surface area (Å²) in [7, 11) is -4.18. The number of sulfonamides is 1. The highest BCUT2D eigenvalue weighted by Gasteiger charge is 2.40. The molecule has 4 aromatic rings. The molecule has 31 heavy (non-hydrogen) atoms. The molecule has 0 aliphatic heterocycles. The van der Waals surface area contributed by atoms with E-state index in [4.69, 9.17) is 0 Å². The van der Waals surface area contributed by atoms with E-state index in [1.807, 2.05) is 0 Å². The van der Waals surface area contributed by atoms with E-state index in [1.54, 1.807) is 54.6 Å². The standard InChI is InChI=1S/C22H16F3N3O2S/c23-22(24,25)20-19(16-10-4-1-5-11-16)21(28(26-20)17-12-6-2-7-13-17)27-31(29,30)18-14-8-3-9-15-18/h1-15,27H. The summed E-state index contributed by atoms with van der Waals surface area (Å²) in [5.41, 5.74) is -1.08. The van der Waals surface area contributed by atoms with Crippen LogP contribution in [0.1, 0.15) is 5.69 Å². The van der Waals surface area contributed by atoms with Crippen LogP contribution in [-0.4, -0.2) is 18.2 Å². The molecule has 0 saturated carbocycles. The van der Waals surface area contributed by atoms with Gasteiger partial charge in [0.25, 0.3) is 10.0 Å². The van der Waals surface area contributed by atoms with Gasteiger partial charge < -0.3 is 0 Å². The summed E-state index contributed by atoms with van der Waals surface area (Å²) in [6.45, 7) is 0. The minimum Gasteiger partial charge on any atom is -0.263 e. The molecule has 0 fully saturated rings. The summed E-state index contributed by atoms with van der Waals surface area (Å²) in [6, 6.07) is 23.2. The van der Waals surface area contributed by atoms with Gasteiger partial charge in [-0.3, -0.25) is 4.72 Å². The minimum absolute atomic E-state index is 0.0802. The Balaban J connectivity index is 2.00. The van der Waals surface area contributed by atoms with E-state index in [2.05, 4.69) is 9.82 Å². The van der Waals surface area contributed by atoms with Crippen LogP contribution in [0.15, 0.2) is 95.9 Å². The smallest absolute Gasteiger partial charge is 0.263 e. The molecule has 9 heteroatoms. The second-order valence-electron chi connectivity index (χ2n) is 6.60. The first kappa shape index (κ1) is 20.7. The van der Waals surface area contributed by atoms with Gasteiger partial charge >= 0.3 is 6.18 Å². The van der Waals surface area contributed by atoms with Crippen molar-refractivity contribution >= 4 is 15.8 Å². The molecule has 4 rings (SSSR count). The van der Waals surface area contributed by atoms with Gasteiger partial charge in [-0.1, -0.05) is 66.7 Å². The Labute approximate surface area is 176 Å². The van der Waals surface area contributed by atoms with Crippen LogP contribution in [0, 0.1) is 0 Å². The molecule has 0 amide bonds. The quantitative estimate of drug-likeness (QED) is 0.452. The number of para-hydroxylation sites is 1. The van der Waals surface area contributed by atoms with Crippen molar-refractivity contribution in [3.8, 4) is 16.8 Å². The van der Waals surface area contributed by atoms with Crippen LogP contribution in [0.4, 0.5) is 19.0 Å². The van der Waals surface area contributed by atoms with Gasteiger partial charge in [0.1, 0.15) is 0 Å². The number of anilines is 1. The van der Waals surface area contributed by atoms with Gasteiger partial charge in [0.2, 0.25) is 0 Å². The van der Waals surface area contributed by atoms with Crippen LogP contribution < -0.4 is 4.72 Å². The Morgan fingerprint density at radius 3 is 1.84 bits per heavy atom. The fourth-order valence-corrected chi connectivity index (χ4v) is 4.21. The van der Waals surface area contributed by atoms with Crippen molar-refractivity contribution < 1.29 is 21.6 Å². The number of rotatable bonds is 5. The molecule has 1 aromatic heterocycles. The Kier molecular flexibility index (Phi) is 5.28. The highest BCUT2D eigenvalue weighted by molar-refractivity contribution is 7.92.